The van der Waals surface area contributed by atoms with Gasteiger partial charge in [-0.25, -0.2) is 9.97 Å². The summed E-state index contributed by atoms with van der Waals surface area (Å²) in [5.74, 6) is 0.979. The van der Waals surface area contributed by atoms with E-state index in [2.05, 4.69) is 121 Å². The predicted octanol–water partition coefficient (Wildman–Crippen LogP) is 8.27. The van der Waals surface area contributed by atoms with Crippen molar-refractivity contribution in [1.82, 2.24) is 9.97 Å². The minimum absolute atomic E-state index is 0.0237. The van der Waals surface area contributed by atoms with Gasteiger partial charge in [-0.3, -0.25) is 0 Å². The van der Waals surface area contributed by atoms with Gasteiger partial charge in [0.2, 0.25) is 0 Å². The molecular weight excluding hydrogens is 424 g/mol. The molecule has 0 saturated carbocycles. The van der Waals surface area contributed by atoms with Crippen LogP contribution in [0, 0.1) is 22.7 Å². The van der Waals surface area contributed by atoms with Gasteiger partial charge in [0.1, 0.15) is 0 Å². The van der Waals surface area contributed by atoms with Crippen LogP contribution < -0.4 is 0 Å². The van der Waals surface area contributed by atoms with E-state index in [1.165, 1.54) is 33.7 Å². The van der Waals surface area contributed by atoms with Crippen LogP contribution in [0.25, 0.3) is 16.6 Å². The number of para-hydroxylation sites is 2. The second kappa shape index (κ2) is 7.26. The van der Waals surface area contributed by atoms with Crippen LogP contribution >= 0.6 is 0 Å². The number of benzene rings is 2. The zero-order chi connectivity index (χ0) is 24.8. The number of rotatable bonds is 1. The molecule has 0 N–H and O–H groups in total. The molecule has 0 saturated heterocycles. The fourth-order valence-electron chi connectivity index (χ4n) is 7.14. The fourth-order valence-corrected chi connectivity index (χ4v) is 7.14. The maximum atomic E-state index is 5.39. The normalized spacial score (nSPS) is 28.7. The van der Waals surface area contributed by atoms with Crippen molar-refractivity contribution in [1.29, 1.82) is 0 Å². The summed E-state index contributed by atoms with van der Waals surface area (Å²) in [7, 11) is 0. The fraction of sp³-hybridized carbons (Fsp3) is 0.394. The molecular formula is C33H36N2. The third-order valence-electron chi connectivity index (χ3n) is 8.86. The van der Waals surface area contributed by atoms with Gasteiger partial charge in [-0.05, 0) is 46.6 Å². The number of fused-ring (bicyclic) bond motifs is 1. The molecule has 0 aliphatic heterocycles. The SMILES string of the molecule is C/C(=C1\C=C[C@@H]2[C@H]1[C@@H]1C(C(C)(C)C)=C[C@@]2(C(C)(C)C)c2nc3ccccc3nc21)c1ccccc1. The molecule has 2 nitrogen and oxygen atoms in total. The Labute approximate surface area is 209 Å². The Morgan fingerprint density at radius 3 is 2.09 bits per heavy atom. The molecule has 0 fully saturated rings. The van der Waals surface area contributed by atoms with E-state index in [0.717, 1.165) is 11.0 Å². The van der Waals surface area contributed by atoms with E-state index < -0.39 is 0 Å². The average Bonchev–Trinajstić information content (AvgIpc) is 3.28. The third-order valence-corrected chi connectivity index (χ3v) is 8.86. The van der Waals surface area contributed by atoms with Crippen LogP contribution in [0.3, 0.4) is 0 Å². The highest BCUT2D eigenvalue weighted by Crippen LogP contribution is 2.69. The van der Waals surface area contributed by atoms with Crippen molar-refractivity contribution >= 4 is 16.6 Å². The molecule has 178 valence electrons. The number of aromatic nitrogens is 2. The van der Waals surface area contributed by atoms with E-state index in [9.17, 15) is 0 Å². The lowest BCUT2D eigenvalue weighted by Gasteiger charge is -2.59. The van der Waals surface area contributed by atoms with Crippen molar-refractivity contribution in [3.05, 3.63) is 101 Å². The molecule has 7 rings (SSSR count). The van der Waals surface area contributed by atoms with Gasteiger partial charge in [0.25, 0.3) is 0 Å². The van der Waals surface area contributed by atoms with Crippen LogP contribution in [0.4, 0.5) is 0 Å². The second-order valence-electron chi connectivity index (χ2n) is 12.7. The lowest BCUT2D eigenvalue weighted by Crippen LogP contribution is -2.56. The first-order valence-corrected chi connectivity index (χ1v) is 13.0. The molecule has 0 radical (unpaired) electrons. The standard InChI is InChI=1S/C33H36N2/c1-20(21-13-9-8-10-14-21)22-17-18-23-27(22)28-24(31(2,3)4)19-33(23,32(5,6)7)30-29(28)34-25-15-11-12-16-26(25)35-30/h8-19,23,27-28H,1-7H3/b22-20-/t23-,27+,28+,33+/m1/s1. The third kappa shape index (κ3) is 3.01. The first kappa shape index (κ1) is 22.5. The summed E-state index contributed by atoms with van der Waals surface area (Å²) >= 11 is 0. The maximum Gasteiger partial charge on any atom is 0.0890 e. The lowest BCUT2D eigenvalue weighted by molar-refractivity contribution is 0.103. The van der Waals surface area contributed by atoms with Crippen LogP contribution in [-0.4, -0.2) is 9.97 Å². The summed E-state index contributed by atoms with van der Waals surface area (Å²) < 4.78 is 0. The first-order valence-electron chi connectivity index (χ1n) is 13.0. The summed E-state index contributed by atoms with van der Waals surface area (Å²) in [6.07, 6.45) is 7.56. The quantitative estimate of drug-likeness (QED) is 0.341. The molecule has 35 heavy (non-hydrogen) atoms. The van der Waals surface area contributed by atoms with E-state index in [-0.39, 0.29) is 22.2 Å². The van der Waals surface area contributed by atoms with Gasteiger partial charge >= 0.3 is 0 Å². The predicted molar refractivity (Wildman–Crippen MR) is 146 cm³/mol. The van der Waals surface area contributed by atoms with E-state index in [4.69, 9.17) is 9.97 Å². The molecule has 2 bridgehead atoms. The van der Waals surface area contributed by atoms with E-state index in [1.807, 2.05) is 0 Å². The Kier molecular flexibility index (Phi) is 4.66. The lowest BCUT2D eigenvalue weighted by atomic mass is 9.44. The molecule has 0 unspecified atom stereocenters. The van der Waals surface area contributed by atoms with Crippen molar-refractivity contribution in [3.8, 4) is 0 Å². The average molecular weight is 461 g/mol. The van der Waals surface area contributed by atoms with E-state index >= 15 is 0 Å². The number of nitrogens with zero attached hydrogens (tertiary/aromatic N) is 2. The smallest absolute Gasteiger partial charge is 0.0890 e. The number of allylic oxidation sites excluding steroid dienone is 6. The van der Waals surface area contributed by atoms with Crippen LogP contribution in [0.1, 0.15) is 71.3 Å². The van der Waals surface area contributed by atoms with Crippen molar-refractivity contribution in [2.75, 3.05) is 0 Å². The van der Waals surface area contributed by atoms with Crippen molar-refractivity contribution < 1.29 is 0 Å². The largest absolute Gasteiger partial charge is 0.249 e. The molecule has 0 spiro atoms. The molecule has 4 aliphatic rings. The van der Waals surface area contributed by atoms with E-state index in [1.54, 1.807) is 0 Å². The Hall–Kier alpha value is -3.00. The minimum atomic E-state index is -0.212. The van der Waals surface area contributed by atoms with Gasteiger partial charge in [0.05, 0.1) is 22.4 Å². The zero-order valence-electron chi connectivity index (χ0n) is 22.1. The van der Waals surface area contributed by atoms with Crippen LogP contribution in [0.5, 0.6) is 0 Å². The topological polar surface area (TPSA) is 25.8 Å². The summed E-state index contributed by atoms with van der Waals surface area (Å²) in [4.78, 5) is 10.8. The second-order valence-corrected chi connectivity index (χ2v) is 12.7. The van der Waals surface area contributed by atoms with Gasteiger partial charge in [0.15, 0.2) is 0 Å². The van der Waals surface area contributed by atoms with Gasteiger partial charge in [-0.2, -0.15) is 0 Å². The Morgan fingerprint density at radius 2 is 1.46 bits per heavy atom. The van der Waals surface area contributed by atoms with Gasteiger partial charge in [-0.1, -0.05) is 108 Å². The summed E-state index contributed by atoms with van der Waals surface area (Å²) in [5, 5.41) is 0. The molecule has 1 aromatic heterocycles. The van der Waals surface area contributed by atoms with Gasteiger partial charge in [0, 0.05) is 23.2 Å². The minimum Gasteiger partial charge on any atom is -0.249 e. The maximum absolute atomic E-state index is 5.39. The summed E-state index contributed by atoms with van der Waals surface area (Å²) in [5.41, 5.74) is 9.90. The molecule has 4 aliphatic carbocycles. The van der Waals surface area contributed by atoms with Crippen molar-refractivity contribution in [3.63, 3.8) is 0 Å². The van der Waals surface area contributed by atoms with Gasteiger partial charge < -0.3 is 0 Å². The Balaban J connectivity index is 1.70. The molecule has 2 aromatic carbocycles. The molecule has 2 heteroatoms. The summed E-state index contributed by atoms with van der Waals surface area (Å²) in [6, 6.07) is 19.3. The van der Waals surface area contributed by atoms with Crippen LogP contribution in [0.15, 0.2) is 84.0 Å². The highest BCUT2D eigenvalue weighted by Gasteiger charge is 2.64. The summed E-state index contributed by atoms with van der Waals surface area (Å²) in [6.45, 7) is 16.6. The van der Waals surface area contributed by atoms with Gasteiger partial charge in [-0.15, -0.1) is 0 Å². The van der Waals surface area contributed by atoms with Crippen molar-refractivity contribution in [2.45, 2.75) is 59.8 Å². The molecule has 4 atom stereocenters. The monoisotopic (exact) mass is 460 g/mol. The highest BCUT2D eigenvalue weighted by atomic mass is 14.9. The zero-order valence-corrected chi connectivity index (χ0v) is 22.1. The van der Waals surface area contributed by atoms with Crippen LogP contribution in [0.2, 0.25) is 0 Å². The first-order chi connectivity index (χ1) is 16.5. The van der Waals surface area contributed by atoms with Crippen LogP contribution in [-0.2, 0) is 5.41 Å². The number of hydrogen-bond acceptors (Lipinski definition) is 2. The highest BCUT2D eigenvalue weighted by molar-refractivity contribution is 5.77. The molecule has 0 amide bonds. The van der Waals surface area contributed by atoms with E-state index in [0.29, 0.717) is 11.8 Å². The molecule has 3 aromatic rings. The van der Waals surface area contributed by atoms with Crippen molar-refractivity contribution in [2.24, 2.45) is 22.7 Å². The number of hydrogen-bond donors (Lipinski definition) is 0. The Bertz CT molecular complexity index is 1430. The molecule has 1 heterocycles. The Morgan fingerprint density at radius 1 is 0.829 bits per heavy atom.